The molecule has 0 bridgehead atoms. The van der Waals surface area contributed by atoms with E-state index >= 15 is 0 Å². The molecule has 0 radical (unpaired) electrons. The fraction of sp³-hybridized carbons (Fsp3) is 0.310. The molecule has 1 aliphatic carbocycles. The van der Waals surface area contributed by atoms with Gasteiger partial charge in [-0.1, -0.05) is 30.3 Å². The number of hydrogen-bond donors (Lipinski definition) is 1. The maximum atomic E-state index is 13.0. The van der Waals surface area contributed by atoms with Crippen LogP contribution in [0.5, 0.6) is 0 Å². The first kappa shape index (κ1) is 27.2. The van der Waals surface area contributed by atoms with E-state index in [1.54, 1.807) is 6.92 Å². The molecule has 0 spiro atoms. The summed E-state index contributed by atoms with van der Waals surface area (Å²) in [5.74, 6) is -2.25. The fourth-order valence-corrected chi connectivity index (χ4v) is 5.78. The van der Waals surface area contributed by atoms with Gasteiger partial charge in [-0.3, -0.25) is 14.4 Å². The van der Waals surface area contributed by atoms with E-state index in [4.69, 9.17) is 9.47 Å². The van der Waals surface area contributed by atoms with E-state index < -0.39 is 36.1 Å². The second-order valence-corrected chi connectivity index (χ2v) is 10.0. The van der Waals surface area contributed by atoms with Crippen molar-refractivity contribution in [1.29, 1.82) is 0 Å². The van der Waals surface area contributed by atoms with Gasteiger partial charge in [0, 0.05) is 16.9 Å². The SMILES string of the molecule is CCOC(=O)c1c(NC(=O)CCC(=O)OCC(=O)c2ccc(F)cc2)sc2c1CC[C@@H](c1ccccc1)C2. The van der Waals surface area contributed by atoms with Crippen LogP contribution in [0.3, 0.4) is 0 Å². The van der Waals surface area contributed by atoms with Crippen LogP contribution >= 0.6 is 11.3 Å². The normalized spacial score (nSPS) is 14.3. The van der Waals surface area contributed by atoms with Crippen LogP contribution in [0, 0.1) is 5.82 Å². The number of rotatable bonds is 10. The Bertz CT molecular complexity index is 1320. The van der Waals surface area contributed by atoms with E-state index in [9.17, 15) is 23.6 Å². The molecular formula is C29H28FNO6S. The molecule has 1 aliphatic rings. The van der Waals surface area contributed by atoms with Gasteiger partial charge in [0.25, 0.3) is 0 Å². The zero-order valence-corrected chi connectivity index (χ0v) is 21.8. The Morgan fingerprint density at radius 1 is 1.00 bits per heavy atom. The predicted molar refractivity (Wildman–Crippen MR) is 141 cm³/mol. The Hall–Kier alpha value is -3.85. The lowest BCUT2D eigenvalue weighted by atomic mass is 9.83. The number of halogens is 1. The second kappa shape index (κ2) is 12.6. The molecule has 3 aromatic rings. The van der Waals surface area contributed by atoms with Crippen LogP contribution < -0.4 is 5.32 Å². The number of thiophene rings is 1. The molecule has 0 fully saturated rings. The van der Waals surface area contributed by atoms with Crippen molar-refractivity contribution in [1.82, 2.24) is 0 Å². The number of amides is 1. The molecule has 2 aromatic carbocycles. The number of carbonyl (C=O) groups excluding carboxylic acids is 4. The van der Waals surface area contributed by atoms with Crippen molar-refractivity contribution < 1.29 is 33.0 Å². The number of nitrogens with one attached hydrogen (secondary N) is 1. The second-order valence-electron chi connectivity index (χ2n) is 8.92. The van der Waals surface area contributed by atoms with Crippen molar-refractivity contribution in [2.24, 2.45) is 0 Å². The first-order valence-electron chi connectivity index (χ1n) is 12.5. The highest BCUT2D eigenvalue weighted by Gasteiger charge is 2.31. The van der Waals surface area contributed by atoms with Gasteiger partial charge in [0.05, 0.1) is 18.6 Å². The minimum absolute atomic E-state index is 0.180. The predicted octanol–water partition coefficient (Wildman–Crippen LogP) is 5.48. The van der Waals surface area contributed by atoms with Gasteiger partial charge >= 0.3 is 11.9 Å². The minimum atomic E-state index is -0.711. The van der Waals surface area contributed by atoms with Gasteiger partial charge in [-0.05, 0) is 67.5 Å². The molecule has 9 heteroatoms. The summed E-state index contributed by atoms with van der Waals surface area (Å²) < 4.78 is 23.2. The highest BCUT2D eigenvalue weighted by atomic mass is 32.1. The zero-order valence-electron chi connectivity index (χ0n) is 21.0. The van der Waals surface area contributed by atoms with Gasteiger partial charge in [0.1, 0.15) is 10.8 Å². The molecule has 1 amide bonds. The maximum Gasteiger partial charge on any atom is 0.341 e. The third-order valence-electron chi connectivity index (χ3n) is 6.36. The van der Waals surface area contributed by atoms with Crippen molar-refractivity contribution in [2.45, 2.75) is 44.9 Å². The summed E-state index contributed by atoms with van der Waals surface area (Å²) in [4.78, 5) is 50.7. The molecule has 0 saturated heterocycles. The average Bonchev–Trinajstić information content (AvgIpc) is 3.28. The van der Waals surface area contributed by atoms with E-state index in [2.05, 4.69) is 17.4 Å². The van der Waals surface area contributed by atoms with Crippen LogP contribution in [0.25, 0.3) is 0 Å². The van der Waals surface area contributed by atoms with Gasteiger partial charge < -0.3 is 14.8 Å². The topological polar surface area (TPSA) is 98.8 Å². The Morgan fingerprint density at radius 2 is 1.74 bits per heavy atom. The first-order chi connectivity index (χ1) is 18.4. The van der Waals surface area contributed by atoms with Gasteiger partial charge in [0.15, 0.2) is 12.4 Å². The molecule has 4 rings (SSSR count). The molecule has 0 saturated carbocycles. The number of esters is 2. The van der Waals surface area contributed by atoms with Crippen molar-refractivity contribution in [2.75, 3.05) is 18.5 Å². The lowest BCUT2D eigenvalue weighted by Gasteiger charge is -2.23. The van der Waals surface area contributed by atoms with Crippen LogP contribution in [0.4, 0.5) is 9.39 Å². The molecular weight excluding hydrogens is 509 g/mol. The third-order valence-corrected chi connectivity index (χ3v) is 7.53. The van der Waals surface area contributed by atoms with Crippen LogP contribution in [0.15, 0.2) is 54.6 Å². The lowest BCUT2D eigenvalue weighted by molar-refractivity contribution is -0.143. The molecule has 0 aliphatic heterocycles. The Kier molecular flexibility index (Phi) is 9.02. The van der Waals surface area contributed by atoms with Crippen LogP contribution in [0.1, 0.15) is 68.8 Å². The van der Waals surface area contributed by atoms with Crippen LogP contribution in [-0.4, -0.2) is 36.8 Å². The van der Waals surface area contributed by atoms with Crippen LogP contribution in [-0.2, 0) is 31.9 Å². The Balaban J connectivity index is 1.36. The zero-order chi connectivity index (χ0) is 27.1. The number of hydrogen-bond acceptors (Lipinski definition) is 7. The summed E-state index contributed by atoms with van der Waals surface area (Å²) in [6, 6.07) is 15.1. The van der Waals surface area contributed by atoms with Crippen molar-refractivity contribution >= 4 is 40.0 Å². The lowest BCUT2D eigenvalue weighted by Crippen LogP contribution is -2.19. The summed E-state index contributed by atoms with van der Waals surface area (Å²) in [5, 5.41) is 3.20. The molecule has 7 nitrogen and oxygen atoms in total. The Morgan fingerprint density at radius 3 is 2.45 bits per heavy atom. The number of anilines is 1. The molecule has 1 aromatic heterocycles. The number of ether oxygens (including phenoxy) is 2. The molecule has 198 valence electrons. The van der Waals surface area contributed by atoms with Gasteiger partial charge in [-0.15, -0.1) is 11.3 Å². The van der Waals surface area contributed by atoms with Crippen molar-refractivity contribution in [3.8, 4) is 0 Å². The standard InChI is InChI=1S/C29H28FNO6S/c1-2-36-29(35)27-22-13-10-20(18-6-4-3-5-7-18)16-24(22)38-28(27)31-25(33)14-15-26(34)37-17-23(32)19-8-11-21(30)12-9-19/h3-9,11-12,20H,2,10,13-17H2,1H3,(H,31,33)/t20-/m1/s1. The number of fused-ring (bicyclic) bond motifs is 1. The van der Waals surface area contributed by atoms with E-state index in [-0.39, 0.29) is 25.0 Å². The molecule has 1 heterocycles. The maximum absolute atomic E-state index is 13.0. The third kappa shape index (κ3) is 6.72. The van der Waals surface area contributed by atoms with E-state index in [1.165, 1.54) is 29.0 Å². The summed E-state index contributed by atoms with van der Waals surface area (Å²) >= 11 is 1.37. The smallest absolute Gasteiger partial charge is 0.341 e. The van der Waals surface area contributed by atoms with Gasteiger partial charge in [0.2, 0.25) is 5.91 Å². The molecule has 0 unspecified atom stereocenters. The summed E-state index contributed by atoms with van der Waals surface area (Å²) in [7, 11) is 0. The largest absolute Gasteiger partial charge is 0.462 e. The summed E-state index contributed by atoms with van der Waals surface area (Å²) in [6.07, 6.45) is 1.93. The van der Waals surface area contributed by atoms with Crippen molar-refractivity contribution in [3.63, 3.8) is 0 Å². The van der Waals surface area contributed by atoms with Gasteiger partial charge in [-0.2, -0.15) is 0 Å². The van der Waals surface area contributed by atoms with E-state index in [0.29, 0.717) is 22.9 Å². The number of ketones is 1. The van der Waals surface area contributed by atoms with Crippen molar-refractivity contribution in [3.05, 3.63) is 87.5 Å². The van der Waals surface area contributed by atoms with E-state index in [1.807, 2.05) is 18.2 Å². The monoisotopic (exact) mass is 537 g/mol. The summed E-state index contributed by atoms with van der Waals surface area (Å²) in [6.45, 7) is 1.44. The number of benzene rings is 2. The minimum Gasteiger partial charge on any atom is -0.462 e. The van der Waals surface area contributed by atoms with E-state index in [0.717, 1.165) is 35.4 Å². The molecule has 1 N–H and O–H groups in total. The summed E-state index contributed by atoms with van der Waals surface area (Å²) in [5.41, 5.74) is 2.76. The number of Topliss-reactive ketones (excluding diaryl/α,β-unsaturated/α-hetero) is 1. The average molecular weight is 538 g/mol. The Labute approximate surface area is 224 Å². The number of carbonyl (C=O) groups is 4. The quantitative estimate of drug-likeness (QED) is 0.272. The fourth-order valence-electron chi connectivity index (χ4n) is 4.44. The van der Waals surface area contributed by atoms with Gasteiger partial charge in [-0.25, -0.2) is 9.18 Å². The molecule has 38 heavy (non-hydrogen) atoms. The first-order valence-corrected chi connectivity index (χ1v) is 13.3. The molecule has 1 atom stereocenters. The van der Waals surface area contributed by atoms with Crippen LogP contribution in [0.2, 0.25) is 0 Å². The highest BCUT2D eigenvalue weighted by Crippen LogP contribution is 2.42. The highest BCUT2D eigenvalue weighted by molar-refractivity contribution is 7.17.